The van der Waals surface area contributed by atoms with Crippen LogP contribution in [0.2, 0.25) is 0 Å². The minimum Gasteiger partial charge on any atom is -0.126 e. The van der Waals surface area contributed by atoms with Gasteiger partial charge in [0.25, 0.3) is 0 Å². The molecule has 0 heterocycles. The van der Waals surface area contributed by atoms with Crippen molar-refractivity contribution in [3.8, 4) is 0 Å². The van der Waals surface area contributed by atoms with Gasteiger partial charge < -0.3 is 0 Å². The molecule has 0 bridgehead atoms. The Morgan fingerprint density at radius 2 is 1.75 bits per heavy atom. The molecule has 0 aromatic rings. The van der Waals surface area contributed by atoms with Crippen LogP contribution in [-0.4, -0.2) is 5.88 Å². The molecule has 3 aliphatic carbocycles. The van der Waals surface area contributed by atoms with E-state index in [1.807, 2.05) is 0 Å². The second kappa shape index (κ2) is 2.20. The summed E-state index contributed by atoms with van der Waals surface area (Å²) in [6.07, 6.45) is 10.5. The molecule has 2 spiro atoms. The van der Waals surface area contributed by atoms with Gasteiger partial charge in [-0.05, 0) is 48.9 Å². The van der Waals surface area contributed by atoms with Crippen molar-refractivity contribution in [1.29, 1.82) is 0 Å². The van der Waals surface area contributed by atoms with Gasteiger partial charge in [0.15, 0.2) is 0 Å². The van der Waals surface area contributed by atoms with Crippen LogP contribution >= 0.6 is 11.6 Å². The van der Waals surface area contributed by atoms with E-state index >= 15 is 0 Å². The molecule has 0 nitrogen and oxygen atoms in total. The highest BCUT2D eigenvalue weighted by Crippen LogP contribution is 2.77. The Hall–Kier alpha value is 0.290. The lowest BCUT2D eigenvalue weighted by Gasteiger charge is -2.45. The number of fused-ring (bicyclic) bond motifs is 1. The van der Waals surface area contributed by atoms with Crippen LogP contribution < -0.4 is 0 Å². The summed E-state index contributed by atoms with van der Waals surface area (Å²) in [5.74, 6) is 1.84. The summed E-state index contributed by atoms with van der Waals surface area (Å²) in [6.45, 7) is 0. The molecule has 3 rings (SSSR count). The fourth-order valence-electron chi connectivity index (χ4n) is 4.15. The highest BCUT2D eigenvalue weighted by atomic mass is 35.5. The predicted molar refractivity (Wildman–Crippen MR) is 51.4 cm³/mol. The quantitative estimate of drug-likeness (QED) is 0.547. The van der Waals surface area contributed by atoms with Gasteiger partial charge >= 0.3 is 0 Å². The third-order valence-electron chi connectivity index (χ3n) is 5.06. The van der Waals surface area contributed by atoms with Crippen LogP contribution in [0, 0.1) is 16.7 Å². The van der Waals surface area contributed by atoms with E-state index in [1.165, 1.54) is 44.9 Å². The zero-order valence-corrected chi connectivity index (χ0v) is 8.37. The Balaban J connectivity index is 1.86. The van der Waals surface area contributed by atoms with Gasteiger partial charge in [-0.3, -0.25) is 0 Å². The average Bonchev–Trinajstić information content (AvgIpc) is 2.53. The molecule has 0 aromatic heterocycles. The van der Waals surface area contributed by atoms with Crippen LogP contribution in [0.1, 0.15) is 44.9 Å². The molecular weight excluding hydrogens is 168 g/mol. The summed E-state index contributed by atoms with van der Waals surface area (Å²) >= 11 is 5.98. The lowest BCUT2D eigenvalue weighted by atomic mass is 9.60. The van der Waals surface area contributed by atoms with E-state index in [0.717, 1.165) is 22.6 Å². The van der Waals surface area contributed by atoms with Crippen LogP contribution in [0.15, 0.2) is 0 Å². The second-order valence-corrected chi connectivity index (χ2v) is 5.51. The molecule has 0 amide bonds. The molecule has 0 aromatic carbocycles. The summed E-state index contributed by atoms with van der Waals surface area (Å²) in [5, 5.41) is 0. The van der Waals surface area contributed by atoms with Crippen molar-refractivity contribution in [2.24, 2.45) is 16.7 Å². The van der Waals surface area contributed by atoms with Crippen molar-refractivity contribution in [3.63, 3.8) is 0 Å². The van der Waals surface area contributed by atoms with E-state index < -0.39 is 0 Å². The normalized spacial score (nSPS) is 48.2. The van der Waals surface area contributed by atoms with Gasteiger partial charge in [-0.1, -0.05) is 12.8 Å². The summed E-state index contributed by atoms with van der Waals surface area (Å²) in [4.78, 5) is 0. The summed E-state index contributed by atoms with van der Waals surface area (Å²) in [7, 11) is 0. The van der Waals surface area contributed by atoms with Crippen molar-refractivity contribution >= 4 is 11.6 Å². The molecule has 0 saturated heterocycles. The molecule has 3 saturated carbocycles. The zero-order valence-electron chi connectivity index (χ0n) is 7.61. The SMILES string of the molecule is ClCC1CC12CCCC21CCC1. The fraction of sp³-hybridized carbons (Fsp3) is 1.00. The molecule has 0 aliphatic heterocycles. The third kappa shape index (κ3) is 0.674. The molecule has 0 N–H and O–H groups in total. The number of halogens is 1. The summed E-state index contributed by atoms with van der Waals surface area (Å²) < 4.78 is 0. The van der Waals surface area contributed by atoms with Crippen LogP contribution in [0.3, 0.4) is 0 Å². The smallest absolute Gasteiger partial charge is 0.0257 e. The van der Waals surface area contributed by atoms with Gasteiger partial charge in [-0.25, -0.2) is 0 Å². The molecule has 3 aliphatic rings. The second-order valence-electron chi connectivity index (χ2n) is 5.20. The Kier molecular flexibility index (Phi) is 1.41. The van der Waals surface area contributed by atoms with E-state index in [1.54, 1.807) is 0 Å². The molecular formula is C11H17Cl. The van der Waals surface area contributed by atoms with Crippen LogP contribution in [-0.2, 0) is 0 Å². The number of alkyl halides is 1. The highest BCUT2D eigenvalue weighted by Gasteiger charge is 2.68. The molecule has 1 heteroatoms. The number of hydrogen-bond acceptors (Lipinski definition) is 0. The molecule has 12 heavy (non-hydrogen) atoms. The minimum atomic E-state index is 0.771. The van der Waals surface area contributed by atoms with Gasteiger partial charge in [0.1, 0.15) is 0 Å². The minimum absolute atomic E-state index is 0.771. The first kappa shape index (κ1) is 7.67. The van der Waals surface area contributed by atoms with E-state index in [0.29, 0.717) is 0 Å². The zero-order chi connectivity index (χ0) is 8.23. The Bertz CT molecular complexity index is 207. The molecule has 3 fully saturated rings. The summed E-state index contributed by atoms with van der Waals surface area (Å²) in [6, 6.07) is 0. The topological polar surface area (TPSA) is 0 Å². The first-order valence-corrected chi connectivity index (χ1v) is 5.92. The van der Waals surface area contributed by atoms with Crippen molar-refractivity contribution in [2.75, 3.05) is 5.88 Å². The first-order valence-electron chi connectivity index (χ1n) is 5.39. The van der Waals surface area contributed by atoms with Gasteiger partial charge in [0.05, 0.1) is 0 Å². The van der Waals surface area contributed by atoms with E-state index in [9.17, 15) is 0 Å². The molecule has 2 atom stereocenters. The maximum atomic E-state index is 5.98. The van der Waals surface area contributed by atoms with Gasteiger partial charge in [0, 0.05) is 5.88 Å². The lowest BCUT2D eigenvalue weighted by molar-refractivity contribution is 0.0527. The molecule has 68 valence electrons. The number of rotatable bonds is 1. The standard InChI is InChI=1S/C11H17Cl/c12-8-9-7-11(9)6-2-5-10(11)3-1-4-10/h9H,1-8H2. The Morgan fingerprint density at radius 3 is 2.25 bits per heavy atom. The van der Waals surface area contributed by atoms with Gasteiger partial charge in [-0.15, -0.1) is 11.6 Å². The van der Waals surface area contributed by atoms with E-state index in [4.69, 9.17) is 11.6 Å². The van der Waals surface area contributed by atoms with Gasteiger partial charge in [-0.2, -0.15) is 0 Å². The molecule has 0 radical (unpaired) electrons. The third-order valence-corrected chi connectivity index (χ3v) is 5.44. The highest BCUT2D eigenvalue weighted by molar-refractivity contribution is 6.18. The first-order chi connectivity index (χ1) is 5.83. The van der Waals surface area contributed by atoms with Crippen LogP contribution in [0.25, 0.3) is 0 Å². The average molecular weight is 185 g/mol. The fourth-order valence-corrected chi connectivity index (χ4v) is 4.55. The Labute approximate surface area is 79.7 Å². The van der Waals surface area contributed by atoms with Crippen molar-refractivity contribution < 1.29 is 0 Å². The lowest BCUT2D eigenvalue weighted by Crippen LogP contribution is -2.35. The number of hydrogen-bond donors (Lipinski definition) is 0. The monoisotopic (exact) mass is 184 g/mol. The maximum Gasteiger partial charge on any atom is 0.0257 e. The largest absolute Gasteiger partial charge is 0.126 e. The Morgan fingerprint density at radius 1 is 1.08 bits per heavy atom. The van der Waals surface area contributed by atoms with Crippen molar-refractivity contribution in [1.82, 2.24) is 0 Å². The van der Waals surface area contributed by atoms with Gasteiger partial charge in [0.2, 0.25) is 0 Å². The van der Waals surface area contributed by atoms with E-state index in [-0.39, 0.29) is 0 Å². The van der Waals surface area contributed by atoms with Crippen molar-refractivity contribution in [2.45, 2.75) is 44.9 Å². The van der Waals surface area contributed by atoms with Crippen LogP contribution in [0.4, 0.5) is 0 Å². The predicted octanol–water partition coefficient (Wildman–Crippen LogP) is 3.59. The molecule has 2 unspecified atom stereocenters. The maximum absolute atomic E-state index is 5.98. The van der Waals surface area contributed by atoms with E-state index in [2.05, 4.69) is 0 Å². The van der Waals surface area contributed by atoms with Crippen LogP contribution in [0.5, 0.6) is 0 Å². The summed E-state index contributed by atoms with van der Waals surface area (Å²) in [5.41, 5.74) is 1.58. The van der Waals surface area contributed by atoms with Crippen molar-refractivity contribution in [3.05, 3.63) is 0 Å².